The van der Waals surface area contributed by atoms with Crippen LogP contribution in [0.5, 0.6) is 0 Å². The Morgan fingerprint density at radius 2 is 0.926 bits per heavy atom. The van der Waals surface area contributed by atoms with Crippen molar-refractivity contribution in [3.05, 3.63) is 160 Å². The molecular weight excluding hydrogens is 867 g/mol. The third-order valence-electron chi connectivity index (χ3n) is 13.0. The Bertz CT molecular complexity index is 1940. The van der Waals surface area contributed by atoms with Crippen molar-refractivity contribution in [3.8, 4) is 11.8 Å². The largest absolute Gasteiger partial charge is 2.00 e. The molecule has 1 aliphatic rings. The molecule has 1 aliphatic heterocycles. The second-order valence-corrected chi connectivity index (χ2v) is 19.1. The number of aryl methyl sites for hydroxylation is 4. The van der Waals surface area contributed by atoms with Gasteiger partial charge in [-0.05, 0) is 67.9 Å². The van der Waals surface area contributed by atoms with Crippen molar-refractivity contribution in [2.45, 2.75) is 227 Å². The van der Waals surface area contributed by atoms with E-state index in [2.05, 4.69) is 113 Å². The Morgan fingerprint density at radius 3 is 1.44 bits per heavy atom. The summed E-state index contributed by atoms with van der Waals surface area (Å²) in [6, 6.07) is 39.1. The normalized spacial score (nSPS) is 11.7. The molecule has 0 fully saturated rings. The predicted octanol–water partition coefficient (Wildman–Crippen LogP) is 20.1. The van der Waals surface area contributed by atoms with Gasteiger partial charge in [-0.15, -0.1) is 11.8 Å². The number of nitrogens with zero attached hydrogens (tertiary/aromatic N) is 2. The topological polar surface area (TPSA) is 25.3 Å². The molecule has 0 saturated carbocycles. The smallest absolute Gasteiger partial charge is 0.493 e. The fraction of sp³-hybridized carbons (Fsp3) is 0.538. The minimum Gasteiger partial charge on any atom is -0.493 e. The number of hydrogen-bond donors (Lipinski definition) is 0. The third kappa shape index (κ3) is 27.3. The zero-order valence-electron chi connectivity index (χ0n) is 43.7. The number of hydrogen-bond acceptors (Lipinski definition) is 0. The van der Waals surface area contributed by atoms with E-state index >= 15 is 0 Å². The second-order valence-electron chi connectivity index (χ2n) is 19.1. The van der Waals surface area contributed by atoms with Crippen LogP contribution in [0.2, 0.25) is 0 Å². The summed E-state index contributed by atoms with van der Waals surface area (Å²) in [4.78, 5) is 0. The van der Waals surface area contributed by atoms with Gasteiger partial charge in [0.25, 0.3) is 0 Å². The zero-order chi connectivity index (χ0) is 47.8. The monoisotopic (exact) mass is 959 g/mol. The van der Waals surface area contributed by atoms with Crippen LogP contribution in [-0.2, 0) is 29.3 Å². The molecule has 0 aromatic heterocycles. The first-order chi connectivity index (χ1) is 33.0. The average Bonchev–Trinajstić information content (AvgIpc) is 3.68. The van der Waals surface area contributed by atoms with Gasteiger partial charge in [-0.2, -0.15) is 71.8 Å². The van der Waals surface area contributed by atoms with E-state index < -0.39 is 0 Å². The van der Waals surface area contributed by atoms with Crippen molar-refractivity contribution < 1.29 is 21.2 Å². The molecule has 0 spiro atoms. The standard InChI is InChI=1S/C51H78N2.2C7H7.Ni/c1-4-7-10-12-13-14-15-16-17-18-19-20-21-22-23-24-25-26-27-28-29-32-38-46-39-33-34-42-49(46)51-48(40-30-9-6-3)44-50(53(51)52)47-41-35-37-45(43-47)36-31-11-8-5-2;2*1-7-5-3-2-4-6-7;/h33-35,37,39,41-44H,4-27,30-32,36,38,40H2,1-3H3;2*3-6H,1H3;/q;2*-1;+2. The number of allylic oxidation sites excluding steroid dienone is 2. The van der Waals surface area contributed by atoms with Gasteiger partial charge >= 0.3 is 16.5 Å². The molecule has 4 aromatic rings. The summed E-state index contributed by atoms with van der Waals surface area (Å²) in [6.07, 6.45) is 41.1. The van der Waals surface area contributed by atoms with E-state index in [4.69, 9.17) is 0 Å². The molecule has 0 unspecified atom stereocenters. The Morgan fingerprint density at radius 1 is 0.471 bits per heavy atom. The van der Waals surface area contributed by atoms with Gasteiger partial charge in [0.2, 0.25) is 11.4 Å². The predicted molar refractivity (Wildman–Crippen MR) is 293 cm³/mol. The molecule has 0 bridgehead atoms. The van der Waals surface area contributed by atoms with Crippen molar-refractivity contribution in [2.24, 2.45) is 0 Å². The summed E-state index contributed by atoms with van der Waals surface area (Å²) in [6.45, 7) is 10.9. The second kappa shape index (κ2) is 40.9. The van der Waals surface area contributed by atoms with Crippen molar-refractivity contribution in [1.82, 2.24) is 0 Å². The molecule has 0 amide bonds. The van der Waals surface area contributed by atoms with E-state index in [1.54, 1.807) is 0 Å². The van der Waals surface area contributed by atoms with Crippen LogP contribution in [0.15, 0.2) is 109 Å². The average molecular weight is 960 g/mol. The van der Waals surface area contributed by atoms with Gasteiger partial charge in [0.15, 0.2) is 0 Å². The van der Waals surface area contributed by atoms with Gasteiger partial charge in [-0.1, -0.05) is 206 Å². The van der Waals surface area contributed by atoms with Gasteiger partial charge in [0, 0.05) is 35.6 Å². The SMILES string of the molecule is CCCCCCCCCCCCCCCCCCCCC#CCCc1ccccc1C1=C(CCCCC)C=C(c2cccc(CCCCCC)c2)[N+]1=[N-].Cc1cc[c-]cc1.Cc1cc[c-]cc1.[Ni+2]. The molecule has 0 N–H and O–H groups in total. The molecule has 5 rings (SSSR count). The maximum Gasteiger partial charge on any atom is 2.00 e. The molecule has 0 atom stereocenters. The van der Waals surface area contributed by atoms with Crippen LogP contribution in [0.3, 0.4) is 0 Å². The summed E-state index contributed by atoms with van der Waals surface area (Å²) in [5, 5.41) is 0. The molecule has 68 heavy (non-hydrogen) atoms. The van der Waals surface area contributed by atoms with Crippen molar-refractivity contribution in [1.29, 1.82) is 0 Å². The molecule has 372 valence electrons. The van der Waals surface area contributed by atoms with Gasteiger partial charge in [0.1, 0.15) is 0 Å². The van der Waals surface area contributed by atoms with Crippen LogP contribution in [0.1, 0.15) is 234 Å². The molecule has 1 heterocycles. The minimum atomic E-state index is 0. The van der Waals surface area contributed by atoms with Crippen LogP contribution in [0.4, 0.5) is 0 Å². The Hall–Kier alpha value is -3.99. The summed E-state index contributed by atoms with van der Waals surface area (Å²) >= 11 is 0. The Labute approximate surface area is 429 Å². The minimum absolute atomic E-state index is 0. The van der Waals surface area contributed by atoms with Gasteiger partial charge in [0.05, 0.1) is 0 Å². The zero-order valence-corrected chi connectivity index (χ0v) is 44.7. The third-order valence-corrected chi connectivity index (χ3v) is 13.0. The fourth-order valence-electron chi connectivity index (χ4n) is 8.84. The van der Waals surface area contributed by atoms with Crippen LogP contribution in [0, 0.1) is 37.8 Å². The van der Waals surface area contributed by atoms with E-state index in [0.29, 0.717) is 0 Å². The van der Waals surface area contributed by atoms with Gasteiger partial charge in [-0.3, -0.25) is 0 Å². The molecule has 3 heteroatoms. The Balaban J connectivity index is 0.000000896. The molecule has 0 aliphatic carbocycles. The van der Waals surface area contributed by atoms with Crippen LogP contribution in [-0.4, -0.2) is 4.70 Å². The Kier molecular flexibility index (Phi) is 36.1. The number of benzene rings is 4. The fourth-order valence-corrected chi connectivity index (χ4v) is 8.84. The molecular formula is C65H92N2Ni. The summed E-state index contributed by atoms with van der Waals surface area (Å²) in [5.41, 5.74) is 22.4. The number of rotatable bonds is 31. The summed E-state index contributed by atoms with van der Waals surface area (Å²) in [7, 11) is 0. The van der Waals surface area contributed by atoms with E-state index in [0.717, 1.165) is 61.0 Å². The van der Waals surface area contributed by atoms with E-state index in [-0.39, 0.29) is 16.5 Å². The number of unbranched alkanes of at least 4 members (excludes halogenated alkanes) is 23. The van der Waals surface area contributed by atoms with Gasteiger partial charge < -0.3 is 5.53 Å². The molecule has 0 saturated heterocycles. The first kappa shape index (κ1) is 60.1. The summed E-state index contributed by atoms with van der Waals surface area (Å²) < 4.78 is 1.49. The summed E-state index contributed by atoms with van der Waals surface area (Å²) in [5.74, 6) is 6.96. The quantitative estimate of drug-likeness (QED) is 0.0158. The molecule has 4 aromatic carbocycles. The molecule has 2 nitrogen and oxygen atoms in total. The first-order valence-corrected chi connectivity index (χ1v) is 27.4. The maximum absolute atomic E-state index is 11.8. The van der Waals surface area contributed by atoms with E-state index in [9.17, 15) is 5.53 Å². The van der Waals surface area contributed by atoms with Crippen molar-refractivity contribution in [3.63, 3.8) is 0 Å². The van der Waals surface area contributed by atoms with Gasteiger partial charge in [-0.25, -0.2) is 4.70 Å². The molecule has 0 radical (unpaired) electrons. The van der Waals surface area contributed by atoms with Crippen LogP contribution in [0.25, 0.3) is 16.9 Å². The van der Waals surface area contributed by atoms with Crippen molar-refractivity contribution >= 4 is 11.4 Å². The van der Waals surface area contributed by atoms with Crippen molar-refractivity contribution in [2.75, 3.05) is 0 Å². The van der Waals surface area contributed by atoms with Crippen LogP contribution >= 0.6 is 0 Å². The van der Waals surface area contributed by atoms with E-state index in [1.807, 2.05) is 48.5 Å². The maximum atomic E-state index is 11.8. The van der Waals surface area contributed by atoms with Crippen LogP contribution < -0.4 is 0 Å². The van der Waals surface area contributed by atoms with E-state index in [1.165, 1.54) is 187 Å². The first-order valence-electron chi connectivity index (χ1n) is 27.4.